The molecular formula is C20H28O5. The van der Waals surface area contributed by atoms with Crippen LogP contribution in [0.25, 0.3) is 0 Å². The lowest BCUT2D eigenvalue weighted by Gasteiger charge is -2.44. The van der Waals surface area contributed by atoms with Gasteiger partial charge in [0.15, 0.2) is 6.61 Å². The Balaban J connectivity index is 1.42. The van der Waals surface area contributed by atoms with Gasteiger partial charge in [-0.1, -0.05) is 13.0 Å². The minimum absolute atomic E-state index is 0.0491. The van der Waals surface area contributed by atoms with E-state index in [1.165, 1.54) is 5.57 Å². The predicted octanol–water partition coefficient (Wildman–Crippen LogP) is 2.74. The number of aliphatic hydroxyl groups excluding tert-OH is 1. The summed E-state index contributed by atoms with van der Waals surface area (Å²) in [6.07, 6.45) is 9.57. The van der Waals surface area contributed by atoms with Gasteiger partial charge in [-0.25, -0.2) is 4.79 Å². The van der Waals surface area contributed by atoms with Gasteiger partial charge in [0.1, 0.15) is 11.9 Å². The number of esters is 1. The zero-order valence-corrected chi connectivity index (χ0v) is 14.9. The van der Waals surface area contributed by atoms with Gasteiger partial charge in [0.05, 0.1) is 19.3 Å². The topological polar surface area (TPSA) is 65.0 Å². The Morgan fingerprint density at radius 1 is 1.40 bits per heavy atom. The fourth-order valence-electron chi connectivity index (χ4n) is 5.12. The van der Waals surface area contributed by atoms with E-state index in [-0.39, 0.29) is 30.2 Å². The largest absolute Gasteiger partial charge is 0.482 e. The van der Waals surface area contributed by atoms with Crippen LogP contribution in [-0.4, -0.2) is 43.1 Å². The third-order valence-electron chi connectivity index (χ3n) is 6.39. The van der Waals surface area contributed by atoms with Crippen molar-refractivity contribution in [2.75, 3.05) is 19.8 Å². The summed E-state index contributed by atoms with van der Waals surface area (Å²) < 4.78 is 16.5. The van der Waals surface area contributed by atoms with Crippen LogP contribution in [0, 0.1) is 17.3 Å². The van der Waals surface area contributed by atoms with Gasteiger partial charge in [0, 0.05) is 6.42 Å². The van der Waals surface area contributed by atoms with Crippen molar-refractivity contribution in [2.24, 2.45) is 17.3 Å². The van der Waals surface area contributed by atoms with Crippen LogP contribution >= 0.6 is 0 Å². The first-order valence-corrected chi connectivity index (χ1v) is 9.52. The van der Waals surface area contributed by atoms with Gasteiger partial charge in [0.25, 0.3) is 0 Å². The second-order valence-corrected chi connectivity index (χ2v) is 8.33. The quantitative estimate of drug-likeness (QED) is 0.792. The molecule has 2 saturated carbocycles. The third-order valence-corrected chi connectivity index (χ3v) is 6.39. The van der Waals surface area contributed by atoms with Gasteiger partial charge in [0.2, 0.25) is 0 Å². The summed E-state index contributed by atoms with van der Waals surface area (Å²) >= 11 is 0. The van der Waals surface area contributed by atoms with E-state index in [1.807, 2.05) is 6.08 Å². The molecule has 0 amide bonds. The lowest BCUT2D eigenvalue weighted by atomic mass is 9.61. The molecule has 0 aromatic rings. The maximum absolute atomic E-state index is 12.0. The summed E-state index contributed by atoms with van der Waals surface area (Å²) in [7, 11) is 0. The minimum atomic E-state index is -0.325. The molecule has 5 heteroatoms. The fourth-order valence-corrected chi connectivity index (χ4v) is 5.12. The maximum Gasteiger partial charge on any atom is 0.344 e. The molecule has 5 atom stereocenters. The number of allylic oxidation sites excluding steroid dienone is 3. The molecule has 138 valence electrons. The zero-order valence-electron chi connectivity index (χ0n) is 14.9. The highest BCUT2D eigenvalue weighted by Crippen LogP contribution is 2.55. The Kier molecular flexibility index (Phi) is 4.63. The van der Waals surface area contributed by atoms with Crippen molar-refractivity contribution in [3.8, 4) is 0 Å². The van der Waals surface area contributed by atoms with Crippen LogP contribution in [0.4, 0.5) is 0 Å². The standard InChI is InChI=1S/C20H28O5/c1-20-5-2-3-18(24-12-19(22)25-16-4-6-23-11-16)17(20)9-13-7-15(21)8-14(13)10-20/h2-3,13-16,21H,4-12H2,1H3/t13-,14+,15-,16+,20?/m1/s1. The van der Waals surface area contributed by atoms with Gasteiger partial charge >= 0.3 is 5.97 Å². The highest BCUT2D eigenvalue weighted by atomic mass is 16.6. The Morgan fingerprint density at radius 2 is 2.24 bits per heavy atom. The number of aliphatic hydroxyl groups is 1. The number of ether oxygens (including phenoxy) is 3. The molecule has 4 aliphatic rings. The first kappa shape index (κ1) is 17.1. The predicted molar refractivity (Wildman–Crippen MR) is 91.6 cm³/mol. The summed E-state index contributed by atoms with van der Waals surface area (Å²) in [6, 6.07) is 0. The summed E-state index contributed by atoms with van der Waals surface area (Å²) in [6.45, 7) is 3.39. The number of carbonyl (C=O) groups is 1. The van der Waals surface area contributed by atoms with Crippen molar-refractivity contribution in [3.05, 3.63) is 23.5 Å². The van der Waals surface area contributed by atoms with Crippen LogP contribution < -0.4 is 0 Å². The normalized spacial score (nSPS) is 39.9. The molecule has 0 aromatic carbocycles. The van der Waals surface area contributed by atoms with Crippen molar-refractivity contribution >= 4 is 5.97 Å². The van der Waals surface area contributed by atoms with Crippen LogP contribution in [0.15, 0.2) is 23.5 Å². The molecule has 0 spiro atoms. The van der Waals surface area contributed by atoms with Crippen molar-refractivity contribution in [3.63, 3.8) is 0 Å². The number of fused-ring (bicyclic) bond motifs is 2. The summed E-state index contributed by atoms with van der Waals surface area (Å²) in [5, 5.41) is 10.0. The number of hydrogen-bond donors (Lipinski definition) is 1. The van der Waals surface area contributed by atoms with Crippen LogP contribution in [0.5, 0.6) is 0 Å². The van der Waals surface area contributed by atoms with Gasteiger partial charge < -0.3 is 19.3 Å². The monoisotopic (exact) mass is 348 g/mol. The molecule has 3 fully saturated rings. The second-order valence-electron chi connectivity index (χ2n) is 8.33. The van der Waals surface area contributed by atoms with Crippen LogP contribution in [0.1, 0.15) is 45.4 Å². The molecule has 5 nitrogen and oxygen atoms in total. The Bertz CT molecular complexity index is 589. The lowest BCUT2D eigenvalue weighted by molar-refractivity contribution is -0.152. The van der Waals surface area contributed by atoms with E-state index in [0.717, 1.165) is 44.3 Å². The van der Waals surface area contributed by atoms with E-state index in [1.54, 1.807) is 0 Å². The van der Waals surface area contributed by atoms with Gasteiger partial charge in [-0.3, -0.25) is 0 Å². The van der Waals surface area contributed by atoms with Crippen LogP contribution in [0.2, 0.25) is 0 Å². The van der Waals surface area contributed by atoms with E-state index in [9.17, 15) is 9.90 Å². The van der Waals surface area contributed by atoms with Crippen LogP contribution in [-0.2, 0) is 19.0 Å². The molecule has 1 N–H and O–H groups in total. The van der Waals surface area contributed by atoms with E-state index in [2.05, 4.69) is 13.0 Å². The second kappa shape index (κ2) is 6.76. The molecule has 1 saturated heterocycles. The Hall–Kier alpha value is -1.33. The average Bonchev–Trinajstić information content (AvgIpc) is 3.18. The van der Waals surface area contributed by atoms with Crippen molar-refractivity contribution < 1.29 is 24.1 Å². The Morgan fingerprint density at radius 3 is 3.04 bits per heavy atom. The highest BCUT2D eigenvalue weighted by molar-refractivity contribution is 5.71. The number of hydrogen-bond acceptors (Lipinski definition) is 5. The zero-order chi connectivity index (χ0) is 17.4. The highest BCUT2D eigenvalue weighted by Gasteiger charge is 2.46. The fraction of sp³-hybridized carbons (Fsp3) is 0.750. The van der Waals surface area contributed by atoms with Crippen LogP contribution in [0.3, 0.4) is 0 Å². The van der Waals surface area contributed by atoms with E-state index < -0.39 is 0 Å². The first-order valence-electron chi connectivity index (χ1n) is 9.52. The van der Waals surface area contributed by atoms with Gasteiger partial charge in [-0.2, -0.15) is 0 Å². The maximum atomic E-state index is 12.0. The molecule has 0 radical (unpaired) electrons. The molecule has 1 unspecified atom stereocenters. The molecule has 1 heterocycles. The summed E-state index contributed by atoms with van der Waals surface area (Å²) in [4.78, 5) is 12.0. The van der Waals surface area contributed by atoms with Crippen molar-refractivity contribution in [2.45, 2.75) is 57.7 Å². The molecule has 3 aliphatic carbocycles. The number of carbonyl (C=O) groups excluding carboxylic acids is 1. The molecular weight excluding hydrogens is 320 g/mol. The van der Waals surface area contributed by atoms with Crippen molar-refractivity contribution in [1.82, 2.24) is 0 Å². The summed E-state index contributed by atoms with van der Waals surface area (Å²) in [5.74, 6) is 1.68. The van der Waals surface area contributed by atoms with Gasteiger partial charge in [-0.05, 0) is 61.0 Å². The SMILES string of the molecule is CC12CC=CC(OCC(=O)O[C@H]3CCOC3)=C1C[C@H]1C[C@@H](O)C[C@H]1C2. The molecule has 0 aromatic heterocycles. The minimum Gasteiger partial charge on any atom is -0.482 e. The van der Waals surface area contributed by atoms with E-state index in [0.29, 0.717) is 25.0 Å². The van der Waals surface area contributed by atoms with E-state index in [4.69, 9.17) is 14.2 Å². The summed E-state index contributed by atoms with van der Waals surface area (Å²) in [5.41, 5.74) is 1.42. The number of rotatable bonds is 4. The first-order chi connectivity index (χ1) is 12.0. The molecule has 4 rings (SSSR count). The smallest absolute Gasteiger partial charge is 0.344 e. The van der Waals surface area contributed by atoms with Crippen molar-refractivity contribution in [1.29, 1.82) is 0 Å². The average molecular weight is 348 g/mol. The van der Waals surface area contributed by atoms with Gasteiger partial charge in [-0.15, -0.1) is 0 Å². The lowest BCUT2D eigenvalue weighted by Crippen LogP contribution is -2.34. The molecule has 0 bridgehead atoms. The Labute approximate surface area is 149 Å². The molecule has 1 aliphatic heterocycles. The molecule has 25 heavy (non-hydrogen) atoms. The van der Waals surface area contributed by atoms with E-state index >= 15 is 0 Å². The third kappa shape index (κ3) is 3.49.